The zero-order chi connectivity index (χ0) is 9.68. The van der Waals surface area contributed by atoms with Crippen LogP contribution in [0.3, 0.4) is 0 Å². The number of anilines is 1. The predicted molar refractivity (Wildman–Crippen MR) is 56.3 cm³/mol. The molecule has 3 heteroatoms. The molecule has 0 aliphatic rings. The number of nitrogen functional groups attached to an aromatic ring is 1. The summed E-state index contributed by atoms with van der Waals surface area (Å²) < 4.78 is 0. The van der Waals surface area contributed by atoms with E-state index >= 15 is 0 Å². The Kier molecular flexibility index (Phi) is 2.97. The van der Waals surface area contributed by atoms with Crippen LogP contribution in [-0.4, -0.2) is 0 Å². The lowest BCUT2D eigenvalue weighted by Gasteiger charge is -2.00. The monoisotopic (exact) mass is 175 g/mol. The van der Waals surface area contributed by atoms with Crippen LogP contribution in [0.1, 0.15) is 5.56 Å². The first-order valence-electron chi connectivity index (χ1n) is 3.94. The third kappa shape index (κ3) is 2.56. The summed E-state index contributed by atoms with van der Waals surface area (Å²) in [5.41, 5.74) is 18.8. The van der Waals surface area contributed by atoms with Gasteiger partial charge in [0.05, 0.1) is 0 Å². The van der Waals surface area contributed by atoms with Crippen LogP contribution in [0.5, 0.6) is 0 Å². The smallest absolute Gasteiger partial charge is 0.0388 e. The highest BCUT2D eigenvalue weighted by Crippen LogP contribution is 2.12. The minimum absolute atomic E-state index is 0.647. The Morgan fingerprint density at radius 1 is 1.31 bits per heavy atom. The maximum absolute atomic E-state index is 5.75. The van der Waals surface area contributed by atoms with E-state index in [1.165, 1.54) is 6.20 Å². The standard InChI is InChI=1S/C10H13N3/c11-6-2-5-10(13)8-3-1-4-9(12)7-8/h1-7H,11-13H2/b6-2-,10-5-. The Morgan fingerprint density at radius 3 is 2.69 bits per heavy atom. The number of hydrogen-bond acceptors (Lipinski definition) is 3. The molecular weight excluding hydrogens is 162 g/mol. The molecule has 0 saturated carbocycles. The minimum Gasteiger partial charge on any atom is -0.405 e. The average molecular weight is 175 g/mol. The van der Waals surface area contributed by atoms with E-state index in [0.29, 0.717) is 11.4 Å². The predicted octanol–water partition coefficient (Wildman–Crippen LogP) is 1.04. The molecule has 3 nitrogen and oxygen atoms in total. The van der Waals surface area contributed by atoms with Crippen molar-refractivity contribution in [3.05, 3.63) is 48.2 Å². The van der Waals surface area contributed by atoms with Gasteiger partial charge in [0.1, 0.15) is 0 Å². The van der Waals surface area contributed by atoms with Crippen molar-refractivity contribution in [2.75, 3.05) is 5.73 Å². The van der Waals surface area contributed by atoms with E-state index in [0.717, 1.165) is 5.56 Å². The molecule has 13 heavy (non-hydrogen) atoms. The van der Waals surface area contributed by atoms with Crippen molar-refractivity contribution in [1.82, 2.24) is 0 Å². The fourth-order valence-corrected chi connectivity index (χ4v) is 0.974. The molecule has 0 atom stereocenters. The van der Waals surface area contributed by atoms with Gasteiger partial charge in [-0.2, -0.15) is 0 Å². The number of hydrogen-bond donors (Lipinski definition) is 3. The summed E-state index contributed by atoms with van der Waals surface area (Å²) in [4.78, 5) is 0. The van der Waals surface area contributed by atoms with Crippen molar-refractivity contribution in [3.63, 3.8) is 0 Å². The number of rotatable bonds is 2. The van der Waals surface area contributed by atoms with E-state index < -0.39 is 0 Å². The van der Waals surface area contributed by atoms with Gasteiger partial charge in [0.2, 0.25) is 0 Å². The summed E-state index contributed by atoms with van der Waals surface area (Å²) >= 11 is 0. The zero-order valence-corrected chi connectivity index (χ0v) is 7.27. The van der Waals surface area contributed by atoms with Crippen molar-refractivity contribution in [2.45, 2.75) is 0 Å². The van der Waals surface area contributed by atoms with Crippen molar-refractivity contribution in [2.24, 2.45) is 11.5 Å². The Morgan fingerprint density at radius 2 is 2.08 bits per heavy atom. The van der Waals surface area contributed by atoms with Crippen LogP contribution >= 0.6 is 0 Å². The van der Waals surface area contributed by atoms with Crippen molar-refractivity contribution >= 4 is 11.4 Å². The lowest BCUT2D eigenvalue weighted by molar-refractivity contribution is 1.51. The van der Waals surface area contributed by atoms with Crippen LogP contribution in [0.4, 0.5) is 5.69 Å². The summed E-state index contributed by atoms with van der Waals surface area (Å²) in [6.45, 7) is 0. The molecule has 0 heterocycles. The maximum atomic E-state index is 5.75. The molecule has 68 valence electrons. The van der Waals surface area contributed by atoms with Crippen LogP contribution in [0.15, 0.2) is 42.6 Å². The number of allylic oxidation sites excluding steroid dienone is 2. The summed E-state index contributed by atoms with van der Waals surface area (Å²) in [6.07, 6.45) is 4.84. The fourth-order valence-electron chi connectivity index (χ4n) is 0.974. The summed E-state index contributed by atoms with van der Waals surface area (Å²) in [7, 11) is 0. The molecule has 6 N–H and O–H groups in total. The van der Waals surface area contributed by atoms with Crippen molar-refractivity contribution < 1.29 is 0 Å². The molecule has 0 saturated heterocycles. The van der Waals surface area contributed by atoms with Gasteiger partial charge in [-0.05, 0) is 36.0 Å². The van der Waals surface area contributed by atoms with Crippen LogP contribution in [0.2, 0.25) is 0 Å². The van der Waals surface area contributed by atoms with E-state index in [4.69, 9.17) is 17.2 Å². The summed E-state index contributed by atoms with van der Waals surface area (Å²) in [5, 5.41) is 0. The summed E-state index contributed by atoms with van der Waals surface area (Å²) in [5.74, 6) is 0. The number of nitrogens with two attached hydrogens (primary N) is 3. The first kappa shape index (κ1) is 9.19. The Bertz CT molecular complexity index is 340. The second-order valence-corrected chi connectivity index (χ2v) is 2.63. The molecule has 0 amide bonds. The van der Waals surface area contributed by atoms with Gasteiger partial charge >= 0.3 is 0 Å². The quantitative estimate of drug-likeness (QED) is 0.464. The van der Waals surface area contributed by atoms with Gasteiger partial charge in [0, 0.05) is 11.4 Å². The molecule has 0 unspecified atom stereocenters. The molecule has 0 spiro atoms. The van der Waals surface area contributed by atoms with Crippen LogP contribution < -0.4 is 17.2 Å². The lowest BCUT2D eigenvalue weighted by atomic mass is 10.1. The van der Waals surface area contributed by atoms with E-state index in [1.807, 2.05) is 24.3 Å². The van der Waals surface area contributed by atoms with E-state index in [-0.39, 0.29) is 0 Å². The van der Waals surface area contributed by atoms with Gasteiger partial charge in [0.15, 0.2) is 0 Å². The van der Waals surface area contributed by atoms with Crippen molar-refractivity contribution in [3.8, 4) is 0 Å². The first-order valence-corrected chi connectivity index (χ1v) is 3.94. The zero-order valence-electron chi connectivity index (χ0n) is 7.27. The third-order valence-corrected chi connectivity index (χ3v) is 1.61. The largest absolute Gasteiger partial charge is 0.405 e. The van der Waals surface area contributed by atoms with Gasteiger partial charge in [0.25, 0.3) is 0 Å². The molecule has 1 aromatic carbocycles. The Labute approximate surface area is 77.5 Å². The molecular formula is C10H13N3. The van der Waals surface area contributed by atoms with E-state index in [2.05, 4.69) is 0 Å². The molecule has 1 aromatic rings. The second kappa shape index (κ2) is 4.21. The molecule has 0 fully saturated rings. The highest BCUT2D eigenvalue weighted by atomic mass is 14.6. The SMILES string of the molecule is N/C=C\C=C(/N)c1cccc(N)c1. The Balaban J connectivity index is 2.94. The van der Waals surface area contributed by atoms with Gasteiger partial charge in [-0.1, -0.05) is 12.1 Å². The van der Waals surface area contributed by atoms with Gasteiger partial charge in [-0.25, -0.2) is 0 Å². The topological polar surface area (TPSA) is 78.1 Å². The fraction of sp³-hybridized carbons (Fsp3) is 0. The summed E-state index contributed by atoms with van der Waals surface area (Å²) in [6, 6.07) is 7.38. The minimum atomic E-state index is 0.647. The van der Waals surface area contributed by atoms with Crippen molar-refractivity contribution in [1.29, 1.82) is 0 Å². The normalized spacial score (nSPS) is 12.2. The first-order chi connectivity index (χ1) is 6.24. The van der Waals surface area contributed by atoms with Gasteiger partial charge < -0.3 is 17.2 Å². The van der Waals surface area contributed by atoms with Gasteiger partial charge in [-0.3, -0.25) is 0 Å². The highest BCUT2D eigenvalue weighted by molar-refractivity contribution is 5.66. The van der Waals surface area contributed by atoms with E-state index in [9.17, 15) is 0 Å². The molecule has 1 rings (SSSR count). The highest BCUT2D eigenvalue weighted by Gasteiger charge is 1.94. The maximum Gasteiger partial charge on any atom is 0.0388 e. The van der Waals surface area contributed by atoms with E-state index in [1.54, 1.807) is 12.2 Å². The average Bonchev–Trinajstić information content (AvgIpc) is 2.14. The van der Waals surface area contributed by atoms with Gasteiger partial charge in [-0.15, -0.1) is 0 Å². The third-order valence-electron chi connectivity index (χ3n) is 1.61. The molecule has 0 aliphatic carbocycles. The lowest BCUT2D eigenvalue weighted by Crippen LogP contribution is -1.96. The van der Waals surface area contributed by atoms with Crippen LogP contribution in [-0.2, 0) is 0 Å². The molecule has 0 bridgehead atoms. The molecule has 0 aliphatic heterocycles. The van der Waals surface area contributed by atoms with Crippen LogP contribution in [0.25, 0.3) is 5.70 Å². The van der Waals surface area contributed by atoms with Crippen LogP contribution in [0, 0.1) is 0 Å². The molecule has 0 aromatic heterocycles. The Hall–Kier alpha value is -1.90. The molecule has 0 radical (unpaired) electrons. The second-order valence-electron chi connectivity index (χ2n) is 2.63. The number of benzene rings is 1.